The van der Waals surface area contributed by atoms with Gasteiger partial charge in [-0.1, -0.05) is 23.7 Å². The Morgan fingerprint density at radius 2 is 2.08 bits per heavy atom. The molecule has 0 saturated heterocycles. The number of aromatic nitrogens is 1. The second-order valence-corrected chi connectivity index (χ2v) is 6.96. The van der Waals surface area contributed by atoms with Crippen LogP contribution in [0.5, 0.6) is 5.75 Å². The van der Waals surface area contributed by atoms with Gasteiger partial charge >= 0.3 is 6.03 Å². The van der Waals surface area contributed by atoms with Crippen LogP contribution in [0.25, 0.3) is 10.9 Å². The summed E-state index contributed by atoms with van der Waals surface area (Å²) in [6.45, 7) is 1.23. The Labute approximate surface area is 157 Å². The SMILES string of the molecule is COc1ccc(Cl)cc1NC(=O)N1CCc2cn(C)c3cccc(c23)C1. The van der Waals surface area contributed by atoms with E-state index in [-0.39, 0.29) is 6.03 Å². The lowest BCUT2D eigenvalue weighted by Crippen LogP contribution is -2.35. The van der Waals surface area contributed by atoms with Crippen LogP contribution in [0.3, 0.4) is 0 Å². The number of methoxy groups -OCH3 is 1. The molecule has 3 aromatic rings. The molecular weight excluding hydrogens is 350 g/mol. The van der Waals surface area contributed by atoms with Gasteiger partial charge in [-0.2, -0.15) is 0 Å². The molecule has 2 amide bonds. The van der Waals surface area contributed by atoms with Crippen molar-refractivity contribution < 1.29 is 9.53 Å². The highest BCUT2D eigenvalue weighted by atomic mass is 35.5. The minimum Gasteiger partial charge on any atom is -0.495 e. The van der Waals surface area contributed by atoms with Gasteiger partial charge in [0.1, 0.15) is 5.75 Å². The molecule has 0 radical (unpaired) electrons. The lowest BCUT2D eigenvalue weighted by Gasteiger charge is -2.22. The van der Waals surface area contributed by atoms with E-state index in [9.17, 15) is 4.79 Å². The zero-order valence-corrected chi connectivity index (χ0v) is 15.5. The summed E-state index contributed by atoms with van der Waals surface area (Å²) in [6, 6.07) is 11.3. The van der Waals surface area contributed by atoms with E-state index in [4.69, 9.17) is 16.3 Å². The number of anilines is 1. The van der Waals surface area contributed by atoms with Gasteiger partial charge in [0.05, 0.1) is 12.8 Å². The van der Waals surface area contributed by atoms with Gasteiger partial charge in [0.15, 0.2) is 0 Å². The zero-order chi connectivity index (χ0) is 18.3. The third-order valence-electron chi connectivity index (χ3n) is 4.88. The van der Waals surface area contributed by atoms with E-state index in [1.807, 2.05) is 11.0 Å². The van der Waals surface area contributed by atoms with Gasteiger partial charge in [-0.15, -0.1) is 0 Å². The number of nitrogens with one attached hydrogen (secondary N) is 1. The number of carbonyl (C=O) groups is 1. The van der Waals surface area contributed by atoms with Gasteiger partial charge in [-0.25, -0.2) is 4.79 Å². The molecule has 0 fully saturated rings. The van der Waals surface area contributed by atoms with Gasteiger partial charge in [0, 0.05) is 42.3 Å². The Hall–Kier alpha value is -2.66. The standard InChI is InChI=1S/C20H20ClN3O2/c1-23-11-14-8-9-24(12-13-4-3-5-17(23)19(13)14)20(25)22-16-10-15(21)6-7-18(16)26-2/h3-7,10-11H,8-9,12H2,1-2H3,(H,22,25). The predicted octanol–water partition coefficient (Wildman–Crippen LogP) is 4.43. The highest BCUT2D eigenvalue weighted by Crippen LogP contribution is 2.31. The number of hydrogen-bond donors (Lipinski definition) is 1. The fraction of sp³-hybridized carbons (Fsp3) is 0.250. The zero-order valence-electron chi connectivity index (χ0n) is 14.8. The van der Waals surface area contributed by atoms with E-state index in [2.05, 4.69) is 35.3 Å². The summed E-state index contributed by atoms with van der Waals surface area (Å²) in [5.41, 5.74) is 4.24. The summed E-state index contributed by atoms with van der Waals surface area (Å²) >= 11 is 6.06. The molecule has 1 aliphatic rings. The number of halogens is 1. The van der Waals surface area contributed by atoms with Crippen LogP contribution >= 0.6 is 11.6 Å². The first-order chi connectivity index (χ1) is 12.6. The van der Waals surface area contributed by atoms with Crippen molar-refractivity contribution in [1.29, 1.82) is 0 Å². The van der Waals surface area contributed by atoms with Gasteiger partial charge in [0.25, 0.3) is 0 Å². The third-order valence-corrected chi connectivity index (χ3v) is 5.12. The quantitative estimate of drug-likeness (QED) is 0.726. The largest absolute Gasteiger partial charge is 0.495 e. The van der Waals surface area contributed by atoms with E-state index in [0.717, 1.165) is 6.42 Å². The number of carbonyl (C=O) groups excluding carboxylic acids is 1. The number of aryl methyl sites for hydroxylation is 1. The maximum atomic E-state index is 12.9. The topological polar surface area (TPSA) is 46.5 Å². The van der Waals surface area contributed by atoms with Crippen molar-refractivity contribution in [2.45, 2.75) is 13.0 Å². The van der Waals surface area contributed by atoms with Crippen molar-refractivity contribution in [2.24, 2.45) is 7.05 Å². The first-order valence-electron chi connectivity index (χ1n) is 8.52. The molecule has 26 heavy (non-hydrogen) atoms. The number of nitrogens with zero attached hydrogens (tertiary/aromatic N) is 2. The molecular formula is C20H20ClN3O2. The molecule has 0 saturated carbocycles. The van der Waals surface area contributed by atoms with E-state index < -0.39 is 0 Å². The summed E-state index contributed by atoms with van der Waals surface area (Å²) < 4.78 is 7.47. The van der Waals surface area contributed by atoms with Crippen molar-refractivity contribution in [1.82, 2.24) is 9.47 Å². The Balaban J connectivity index is 1.61. The molecule has 1 aromatic heterocycles. The van der Waals surface area contributed by atoms with Crippen molar-refractivity contribution in [2.75, 3.05) is 19.0 Å². The van der Waals surface area contributed by atoms with E-state index in [1.165, 1.54) is 22.0 Å². The molecule has 0 aliphatic carbocycles. The Morgan fingerprint density at radius 1 is 1.23 bits per heavy atom. The molecule has 0 atom stereocenters. The molecule has 1 N–H and O–H groups in total. The molecule has 1 aliphatic heterocycles. The first kappa shape index (κ1) is 16.8. The maximum Gasteiger partial charge on any atom is 0.322 e. The minimum absolute atomic E-state index is 0.155. The Bertz CT molecular complexity index is 996. The van der Waals surface area contributed by atoms with E-state index in [1.54, 1.807) is 25.3 Å². The number of ether oxygens (including phenoxy) is 1. The van der Waals surface area contributed by atoms with Crippen LogP contribution in [-0.2, 0) is 20.0 Å². The summed E-state index contributed by atoms with van der Waals surface area (Å²) in [5, 5.41) is 4.75. The molecule has 0 spiro atoms. The second kappa shape index (κ2) is 6.57. The van der Waals surface area contributed by atoms with Crippen LogP contribution in [0.2, 0.25) is 5.02 Å². The van der Waals surface area contributed by atoms with E-state index >= 15 is 0 Å². The predicted molar refractivity (Wildman–Crippen MR) is 104 cm³/mol. The summed E-state index contributed by atoms with van der Waals surface area (Å²) in [5.74, 6) is 0.587. The minimum atomic E-state index is -0.155. The average molecular weight is 370 g/mol. The molecule has 2 aromatic carbocycles. The number of hydrogen-bond acceptors (Lipinski definition) is 2. The molecule has 6 heteroatoms. The molecule has 0 bridgehead atoms. The highest BCUT2D eigenvalue weighted by Gasteiger charge is 2.22. The van der Waals surface area contributed by atoms with Crippen molar-refractivity contribution >= 4 is 34.2 Å². The van der Waals surface area contributed by atoms with E-state index in [0.29, 0.717) is 29.5 Å². The van der Waals surface area contributed by atoms with Crippen molar-refractivity contribution in [3.05, 3.63) is 58.7 Å². The van der Waals surface area contributed by atoms with Crippen LogP contribution in [0.1, 0.15) is 11.1 Å². The monoisotopic (exact) mass is 369 g/mol. The van der Waals surface area contributed by atoms with Gasteiger partial charge in [-0.05, 0) is 41.8 Å². The Morgan fingerprint density at radius 3 is 2.88 bits per heavy atom. The summed E-state index contributed by atoms with van der Waals surface area (Å²) in [7, 11) is 3.63. The van der Waals surface area contributed by atoms with Gasteiger partial charge in [-0.3, -0.25) is 0 Å². The molecule has 4 rings (SSSR count). The molecule has 5 nitrogen and oxygen atoms in total. The number of urea groups is 1. The maximum absolute atomic E-state index is 12.9. The smallest absolute Gasteiger partial charge is 0.322 e. The van der Waals surface area contributed by atoms with Crippen LogP contribution in [0, 0.1) is 0 Å². The molecule has 134 valence electrons. The Kier molecular flexibility index (Phi) is 4.24. The third kappa shape index (κ3) is 2.88. The lowest BCUT2D eigenvalue weighted by molar-refractivity contribution is 0.210. The number of benzene rings is 2. The van der Waals surface area contributed by atoms with Crippen LogP contribution in [0.4, 0.5) is 10.5 Å². The van der Waals surface area contributed by atoms with Crippen LogP contribution < -0.4 is 10.1 Å². The fourth-order valence-electron chi connectivity index (χ4n) is 3.63. The number of amides is 2. The van der Waals surface area contributed by atoms with Crippen LogP contribution in [-0.4, -0.2) is 29.2 Å². The first-order valence-corrected chi connectivity index (χ1v) is 8.90. The normalized spacial score (nSPS) is 13.6. The summed E-state index contributed by atoms with van der Waals surface area (Å²) in [6.07, 6.45) is 2.99. The van der Waals surface area contributed by atoms with Gasteiger partial charge < -0.3 is 19.5 Å². The average Bonchev–Trinajstić information content (AvgIpc) is 2.83. The fourth-order valence-corrected chi connectivity index (χ4v) is 3.80. The van der Waals surface area contributed by atoms with Crippen molar-refractivity contribution in [3.63, 3.8) is 0 Å². The molecule has 0 unspecified atom stereocenters. The van der Waals surface area contributed by atoms with Gasteiger partial charge in [0.2, 0.25) is 0 Å². The lowest BCUT2D eigenvalue weighted by atomic mass is 10.1. The number of rotatable bonds is 2. The summed E-state index contributed by atoms with van der Waals surface area (Å²) in [4.78, 5) is 14.7. The van der Waals surface area contributed by atoms with Crippen LogP contribution in [0.15, 0.2) is 42.6 Å². The second-order valence-electron chi connectivity index (χ2n) is 6.52. The molecule has 2 heterocycles. The van der Waals surface area contributed by atoms with Crippen molar-refractivity contribution in [3.8, 4) is 5.75 Å². The highest BCUT2D eigenvalue weighted by molar-refractivity contribution is 6.31.